The second kappa shape index (κ2) is 6.32. The van der Waals surface area contributed by atoms with Crippen molar-refractivity contribution in [3.63, 3.8) is 0 Å². The third kappa shape index (κ3) is 3.02. The Morgan fingerprint density at radius 1 is 1.35 bits per heavy atom. The van der Waals surface area contributed by atoms with E-state index >= 15 is 0 Å². The van der Waals surface area contributed by atoms with E-state index in [1.807, 2.05) is 24.3 Å². The highest BCUT2D eigenvalue weighted by molar-refractivity contribution is 5.99. The van der Waals surface area contributed by atoms with Gasteiger partial charge in [0, 0.05) is 11.1 Å². The summed E-state index contributed by atoms with van der Waals surface area (Å²) < 4.78 is 11.0. The van der Waals surface area contributed by atoms with E-state index in [0.717, 1.165) is 34.6 Å². The molecule has 0 fully saturated rings. The predicted octanol–water partition coefficient (Wildman–Crippen LogP) is 3.95. The Bertz CT molecular complexity index is 740. The molecule has 23 heavy (non-hydrogen) atoms. The van der Waals surface area contributed by atoms with Crippen molar-refractivity contribution in [2.45, 2.75) is 33.4 Å². The summed E-state index contributed by atoms with van der Waals surface area (Å²) in [6, 6.07) is 7.62. The van der Waals surface area contributed by atoms with E-state index in [9.17, 15) is 4.79 Å². The van der Waals surface area contributed by atoms with Crippen molar-refractivity contribution in [1.82, 2.24) is 4.90 Å². The normalized spacial score (nSPS) is 13.2. The molecule has 2 heterocycles. The minimum atomic E-state index is 0.0310. The summed E-state index contributed by atoms with van der Waals surface area (Å²) in [6.45, 7) is 5.19. The highest BCUT2D eigenvalue weighted by Crippen LogP contribution is 2.35. The van der Waals surface area contributed by atoms with E-state index in [-0.39, 0.29) is 5.91 Å². The van der Waals surface area contributed by atoms with Crippen LogP contribution in [-0.2, 0) is 19.5 Å². The number of methoxy groups -OCH3 is 1. The number of allylic oxidation sites excluding steroid dienone is 2. The maximum absolute atomic E-state index is 12.6. The van der Waals surface area contributed by atoms with Crippen LogP contribution in [0.1, 0.15) is 41.1 Å². The standard InChI is InChI=1S/C19H21NO3/c1-13(2)6-7-14-8-9-16-17(18(14)22-3)12-20(19(16)21)11-15-5-4-10-23-15/h4-6,8-10H,7,11-12H2,1-3H3. The van der Waals surface area contributed by atoms with Crippen molar-refractivity contribution in [2.75, 3.05) is 7.11 Å². The third-order valence-electron chi connectivity index (χ3n) is 4.07. The molecule has 0 saturated carbocycles. The van der Waals surface area contributed by atoms with Gasteiger partial charge < -0.3 is 14.1 Å². The van der Waals surface area contributed by atoms with Gasteiger partial charge in [-0.05, 0) is 44.0 Å². The molecule has 120 valence electrons. The molecular formula is C19H21NO3. The number of hydrogen-bond donors (Lipinski definition) is 0. The monoisotopic (exact) mass is 311 g/mol. The van der Waals surface area contributed by atoms with Gasteiger partial charge in [-0.3, -0.25) is 4.79 Å². The molecule has 0 saturated heterocycles. The Labute approximate surface area is 136 Å². The molecule has 0 spiro atoms. The Kier molecular flexibility index (Phi) is 4.24. The maximum atomic E-state index is 12.6. The molecule has 1 aromatic carbocycles. The molecule has 4 nitrogen and oxygen atoms in total. The van der Waals surface area contributed by atoms with Crippen molar-refractivity contribution in [3.05, 3.63) is 64.6 Å². The molecular weight excluding hydrogens is 290 g/mol. The summed E-state index contributed by atoms with van der Waals surface area (Å²) in [5.41, 5.74) is 4.08. The Hall–Kier alpha value is -2.49. The number of rotatable bonds is 5. The van der Waals surface area contributed by atoms with Crippen molar-refractivity contribution in [3.8, 4) is 5.75 Å². The summed E-state index contributed by atoms with van der Waals surface area (Å²) in [7, 11) is 1.67. The molecule has 3 rings (SSSR count). The summed E-state index contributed by atoms with van der Waals surface area (Å²) in [5, 5.41) is 0. The molecule has 0 aliphatic carbocycles. The van der Waals surface area contributed by atoms with Gasteiger partial charge in [0.15, 0.2) is 0 Å². The summed E-state index contributed by atoms with van der Waals surface area (Å²) in [4.78, 5) is 14.4. The first-order valence-electron chi connectivity index (χ1n) is 7.74. The molecule has 4 heteroatoms. The van der Waals surface area contributed by atoms with Crippen LogP contribution in [0.25, 0.3) is 0 Å². The van der Waals surface area contributed by atoms with Gasteiger partial charge in [0.2, 0.25) is 0 Å². The lowest BCUT2D eigenvalue weighted by Crippen LogP contribution is -2.22. The zero-order chi connectivity index (χ0) is 16.4. The van der Waals surface area contributed by atoms with Crippen LogP contribution < -0.4 is 4.74 Å². The first-order chi connectivity index (χ1) is 11.1. The Balaban J connectivity index is 1.89. The first-order valence-corrected chi connectivity index (χ1v) is 7.74. The van der Waals surface area contributed by atoms with Crippen molar-refractivity contribution in [2.24, 2.45) is 0 Å². The minimum Gasteiger partial charge on any atom is -0.496 e. The smallest absolute Gasteiger partial charge is 0.255 e. The van der Waals surface area contributed by atoms with E-state index in [4.69, 9.17) is 9.15 Å². The van der Waals surface area contributed by atoms with Gasteiger partial charge in [0.25, 0.3) is 5.91 Å². The lowest BCUT2D eigenvalue weighted by Gasteiger charge is -2.14. The topological polar surface area (TPSA) is 42.7 Å². The van der Waals surface area contributed by atoms with Gasteiger partial charge in [-0.2, -0.15) is 0 Å². The van der Waals surface area contributed by atoms with Gasteiger partial charge >= 0.3 is 0 Å². The van der Waals surface area contributed by atoms with Crippen LogP contribution in [0.5, 0.6) is 5.75 Å². The number of nitrogens with zero attached hydrogens (tertiary/aromatic N) is 1. The molecule has 0 radical (unpaired) electrons. The lowest BCUT2D eigenvalue weighted by atomic mass is 10.0. The predicted molar refractivity (Wildman–Crippen MR) is 88.4 cm³/mol. The fourth-order valence-electron chi connectivity index (χ4n) is 2.91. The zero-order valence-electron chi connectivity index (χ0n) is 13.8. The van der Waals surface area contributed by atoms with E-state index in [1.54, 1.807) is 18.3 Å². The molecule has 1 amide bonds. The number of hydrogen-bond acceptors (Lipinski definition) is 3. The summed E-state index contributed by atoms with van der Waals surface area (Å²) >= 11 is 0. The maximum Gasteiger partial charge on any atom is 0.255 e. The van der Waals surface area contributed by atoms with Crippen molar-refractivity contribution < 1.29 is 13.9 Å². The number of benzene rings is 1. The van der Waals surface area contributed by atoms with E-state index in [2.05, 4.69) is 19.9 Å². The molecule has 1 aromatic heterocycles. The average molecular weight is 311 g/mol. The number of ether oxygens (including phenoxy) is 1. The SMILES string of the molecule is COc1c(CC=C(C)C)ccc2c1CN(Cc1ccco1)C2=O. The van der Waals surface area contributed by atoms with Gasteiger partial charge in [0.05, 0.1) is 26.5 Å². The van der Waals surface area contributed by atoms with Crippen LogP contribution in [-0.4, -0.2) is 17.9 Å². The van der Waals surface area contributed by atoms with Gasteiger partial charge in [-0.25, -0.2) is 0 Å². The van der Waals surface area contributed by atoms with Crippen LogP contribution >= 0.6 is 0 Å². The highest BCUT2D eigenvalue weighted by atomic mass is 16.5. The first kappa shape index (κ1) is 15.4. The number of amides is 1. The Morgan fingerprint density at radius 3 is 2.83 bits per heavy atom. The van der Waals surface area contributed by atoms with Crippen LogP contribution in [0, 0.1) is 0 Å². The number of fused-ring (bicyclic) bond motifs is 1. The van der Waals surface area contributed by atoms with Crippen LogP contribution in [0.3, 0.4) is 0 Å². The molecule has 0 atom stereocenters. The fourth-order valence-corrected chi connectivity index (χ4v) is 2.91. The number of carbonyl (C=O) groups is 1. The molecule has 0 N–H and O–H groups in total. The highest BCUT2D eigenvalue weighted by Gasteiger charge is 2.31. The van der Waals surface area contributed by atoms with Crippen molar-refractivity contribution >= 4 is 5.91 Å². The second-order valence-electron chi connectivity index (χ2n) is 6.01. The molecule has 0 unspecified atom stereocenters. The summed E-state index contributed by atoms with van der Waals surface area (Å²) in [6.07, 6.45) is 4.61. The van der Waals surface area contributed by atoms with Gasteiger partial charge in [0.1, 0.15) is 11.5 Å². The van der Waals surface area contributed by atoms with Crippen LogP contribution in [0.15, 0.2) is 46.6 Å². The van der Waals surface area contributed by atoms with E-state index in [0.29, 0.717) is 13.1 Å². The minimum absolute atomic E-state index is 0.0310. The molecule has 0 bridgehead atoms. The van der Waals surface area contributed by atoms with E-state index in [1.165, 1.54) is 5.57 Å². The third-order valence-corrected chi connectivity index (χ3v) is 4.07. The van der Waals surface area contributed by atoms with Gasteiger partial charge in [-0.15, -0.1) is 0 Å². The summed E-state index contributed by atoms with van der Waals surface area (Å²) in [5.74, 6) is 1.65. The molecule has 1 aliphatic rings. The van der Waals surface area contributed by atoms with Crippen LogP contribution in [0.2, 0.25) is 0 Å². The van der Waals surface area contributed by atoms with Gasteiger partial charge in [-0.1, -0.05) is 17.7 Å². The quantitative estimate of drug-likeness (QED) is 0.785. The van der Waals surface area contributed by atoms with E-state index < -0.39 is 0 Å². The Morgan fingerprint density at radius 2 is 2.17 bits per heavy atom. The largest absolute Gasteiger partial charge is 0.496 e. The molecule has 1 aliphatic heterocycles. The zero-order valence-corrected chi connectivity index (χ0v) is 13.8. The average Bonchev–Trinajstić information content (AvgIpc) is 3.14. The number of furan rings is 1. The fraction of sp³-hybridized carbons (Fsp3) is 0.316. The molecule has 2 aromatic rings. The lowest BCUT2D eigenvalue weighted by molar-refractivity contribution is 0.0755. The second-order valence-corrected chi connectivity index (χ2v) is 6.01. The van der Waals surface area contributed by atoms with Crippen molar-refractivity contribution in [1.29, 1.82) is 0 Å². The van der Waals surface area contributed by atoms with Crippen LogP contribution in [0.4, 0.5) is 0 Å². The number of carbonyl (C=O) groups excluding carboxylic acids is 1.